The molecule has 0 aliphatic carbocycles. The molecule has 1 fully saturated rings. The molecule has 0 spiro atoms. The predicted molar refractivity (Wildman–Crippen MR) is 60.0 cm³/mol. The van der Waals surface area contributed by atoms with E-state index >= 15 is 0 Å². The number of piperidine rings is 1. The van der Waals surface area contributed by atoms with E-state index in [-0.39, 0.29) is 0 Å². The minimum atomic E-state index is 0.474. The molecule has 0 saturated carbocycles. The maximum Gasteiger partial charge on any atom is 0.217 e. The Morgan fingerprint density at radius 1 is 1.47 bits per heavy atom. The number of hydrogen-bond acceptors (Lipinski definition) is 3. The highest BCUT2D eigenvalue weighted by atomic mass is 16.5. The van der Waals surface area contributed by atoms with Crippen molar-refractivity contribution in [2.24, 2.45) is 0 Å². The molecule has 3 nitrogen and oxygen atoms in total. The van der Waals surface area contributed by atoms with Crippen LogP contribution in [0.4, 0.5) is 0 Å². The van der Waals surface area contributed by atoms with Crippen molar-refractivity contribution in [3.8, 4) is 5.88 Å². The van der Waals surface area contributed by atoms with Crippen LogP contribution in [0.3, 0.4) is 0 Å². The van der Waals surface area contributed by atoms with E-state index in [4.69, 9.17) is 4.74 Å². The Kier molecular flexibility index (Phi) is 3.21. The number of methoxy groups -OCH3 is 1. The van der Waals surface area contributed by atoms with Gasteiger partial charge in [0.25, 0.3) is 0 Å². The smallest absolute Gasteiger partial charge is 0.217 e. The molecule has 2 heterocycles. The van der Waals surface area contributed by atoms with Gasteiger partial charge in [0.05, 0.1) is 7.11 Å². The quantitative estimate of drug-likeness (QED) is 0.742. The Labute approximate surface area is 91.1 Å². The average Bonchev–Trinajstić information content (AvgIpc) is 2.30. The van der Waals surface area contributed by atoms with E-state index in [1.54, 1.807) is 13.3 Å². The summed E-state index contributed by atoms with van der Waals surface area (Å²) in [7, 11) is 3.87. The molecular formula is C12H18N2O. The lowest BCUT2D eigenvalue weighted by Crippen LogP contribution is -2.29. The number of likely N-dealkylation sites (tertiary alicyclic amines) is 1. The third-order valence-corrected chi connectivity index (χ3v) is 3.12. The maximum atomic E-state index is 5.31. The molecule has 0 N–H and O–H groups in total. The zero-order valence-corrected chi connectivity index (χ0v) is 9.44. The minimum absolute atomic E-state index is 0.474. The van der Waals surface area contributed by atoms with Crippen LogP contribution in [0.2, 0.25) is 0 Å². The van der Waals surface area contributed by atoms with Crippen molar-refractivity contribution >= 4 is 0 Å². The second-order valence-electron chi connectivity index (χ2n) is 4.09. The van der Waals surface area contributed by atoms with Crippen molar-refractivity contribution in [2.45, 2.75) is 25.3 Å². The zero-order valence-electron chi connectivity index (χ0n) is 9.44. The molecule has 3 heteroatoms. The Balaban J connectivity index is 2.26. The lowest BCUT2D eigenvalue weighted by molar-refractivity contribution is 0.183. The Morgan fingerprint density at radius 3 is 3.07 bits per heavy atom. The van der Waals surface area contributed by atoms with E-state index < -0.39 is 0 Å². The molecular weight excluding hydrogens is 188 g/mol. The van der Waals surface area contributed by atoms with E-state index in [0.717, 1.165) is 5.88 Å². The number of ether oxygens (including phenoxy) is 1. The summed E-state index contributed by atoms with van der Waals surface area (Å²) < 4.78 is 5.31. The minimum Gasteiger partial charge on any atom is -0.481 e. The molecule has 1 aliphatic rings. The molecule has 1 saturated heterocycles. The Morgan fingerprint density at radius 2 is 2.33 bits per heavy atom. The van der Waals surface area contributed by atoms with E-state index in [2.05, 4.69) is 23.0 Å². The first-order chi connectivity index (χ1) is 7.33. The Hall–Kier alpha value is -1.09. The van der Waals surface area contributed by atoms with E-state index in [0.29, 0.717) is 6.04 Å². The zero-order chi connectivity index (χ0) is 10.7. The molecule has 1 aromatic heterocycles. The molecule has 0 unspecified atom stereocenters. The molecule has 1 aliphatic heterocycles. The van der Waals surface area contributed by atoms with Gasteiger partial charge in [-0.3, -0.25) is 4.90 Å². The first-order valence-corrected chi connectivity index (χ1v) is 5.52. The summed E-state index contributed by atoms with van der Waals surface area (Å²) in [5, 5.41) is 0. The van der Waals surface area contributed by atoms with Gasteiger partial charge in [-0.25, -0.2) is 4.98 Å². The summed E-state index contributed by atoms with van der Waals surface area (Å²) in [6.07, 6.45) is 5.59. The van der Waals surface area contributed by atoms with Crippen LogP contribution in [0.1, 0.15) is 30.9 Å². The van der Waals surface area contributed by atoms with Crippen LogP contribution >= 0.6 is 0 Å². The van der Waals surface area contributed by atoms with Crippen molar-refractivity contribution in [2.75, 3.05) is 20.7 Å². The van der Waals surface area contributed by atoms with Crippen molar-refractivity contribution in [1.82, 2.24) is 9.88 Å². The van der Waals surface area contributed by atoms with Gasteiger partial charge < -0.3 is 4.74 Å². The lowest BCUT2D eigenvalue weighted by Gasteiger charge is -2.33. The molecule has 1 atom stereocenters. The van der Waals surface area contributed by atoms with Crippen LogP contribution in [-0.4, -0.2) is 30.6 Å². The highest BCUT2D eigenvalue weighted by molar-refractivity contribution is 5.29. The third-order valence-electron chi connectivity index (χ3n) is 3.12. The van der Waals surface area contributed by atoms with Gasteiger partial charge >= 0.3 is 0 Å². The van der Waals surface area contributed by atoms with Crippen molar-refractivity contribution in [1.29, 1.82) is 0 Å². The van der Waals surface area contributed by atoms with Gasteiger partial charge in [0.2, 0.25) is 5.88 Å². The monoisotopic (exact) mass is 206 g/mol. The number of rotatable bonds is 2. The fourth-order valence-electron chi connectivity index (χ4n) is 2.30. The van der Waals surface area contributed by atoms with Crippen LogP contribution in [0, 0.1) is 0 Å². The van der Waals surface area contributed by atoms with Crippen LogP contribution in [0.5, 0.6) is 5.88 Å². The topological polar surface area (TPSA) is 25.4 Å². The second kappa shape index (κ2) is 4.62. The van der Waals surface area contributed by atoms with Crippen molar-refractivity contribution in [3.63, 3.8) is 0 Å². The summed E-state index contributed by atoms with van der Waals surface area (Å²) in [5.74, 6) is 0.774. The number of nitrogens with zero attached hydrogens (tertiary/aromatic N) is 2. The summed E-state index contributed by atoms with van der Waals surface area (Å²) >= 11 is 0. The molecule has 0 radical (unpaired) electrons. The van der Waals surface area contributed by atoms with Crippen molar-refractivity contribution in [3.05, 3.63) is 23.9 Å². The van der Waals surface area contributed by atoms with Crippen LogP contribution in [-0.2, 0) is 0 Å². The summed E-state index contributed by atoms with van der Waals surface area (Å²) in [6.45, 7) is 1.17. The second-order valence-corrected chi connectivity index (χ2v) is 4.09. The molecule has 2 rings (SSSR count). The van der Waals surface area contributed by atoms with Gasteiger partial charge in [0, 0.05) is 17.8 Å². The summed E-state index contributed by atoms with van der Waals surface area (Å²) in [5.41, 5.74) is 1.22. The fourth-order valence-corrected chi connectivity index (χ4v) is 2.30. The van der Waals surface area contributed by atoms with Gasteiger partial charge in [-0.1, -0.05) is 12.5 Å². The molecule has 0 amide bonds. The highest BCUT2D eigenvalue weighted by Gasteiger charge is 2.23. The molecule has 0 bridgehead atoms. The predicted octanol–water partition coefficient (Wildman–Crippen LogP) is 2.25. The van der Waals surface area contributed by atoms with E-state index in [1.807, 2.05) is 6.07 Å². The maximum absolute atomic E-state index is 5.31. The van der Waals surface area contributed by atoms with Gasteiger partial charge in [-0.2, -0.15) is 0 Å². The number of hydrogen-bond donors (Lipinski definition) is 0. The van der Waals surface area contributed by atoms with Crippen molar-refractivity contribution < 1.29 is 4.74 Å². The van der Waals surface area contributed by atoms with E-state index in [1.165, 1.54) is 31.4 Å². The number of pyridine rings is 1. The molecule has 15 heavy (non-hydrogen) atoms. The van der Waals surface area contributed by atoms with Gasteiger partial charge in [-0.15, -0.1) is 0 Å². The van der Waals surface area contributed by atoms with Crippen LogP contribution in [0.15, 0.2) is 18.3 Å². The molecule has 0 aromatic carbocycles. The first-order valence-electron chi connectivity index (χ1n) is 5.52. The largest absolute Gasteiger partial charge is 0.481 e. The highest BCUT2D eigenvalue weighted by Crippen LogP contribution is 2.33. The van der Waals surface area contributed by atoms with Crippen LogP contribution < -0.4 is 4.74 Å². The van der Waals surface area contributed by atoms with Crippen LogP contribution in [0.25, 0.3) is 0 Å². The lowest BCUT2D eigenvalue weighted by atomic mass is 9.97. The Bertz CT molecular complexity index is 327. The van der Waals surface area contributed by atoms with Gasteiger partial charge in [0.1, 0.15) is 0 Å². The fraction of sp³-hybridized carbons (Fsp3) is 0.583. The molecule has 82 valence electrons. The number of aromatic nitrogens is 1. The SMILES string of the molecule is COc1ncccc1[C@@H]1CCCCN1C. The average molecular weight is 206 g/mol. The third kappa shape index (κ3) is 2.12. The molecule has 1 aromatic rings. The standard InChI is InChI=1S/C12H18N2O/c1-14-9-4-3-7-11(14)10-6-5-8-13-12(10)15-2/h5-6,8,11H,3-4,7,9H2,1-2H3/t11-/m0/s1. The normalized spacial score (nSPS) is 22.7. The summed E-state index contributed by atoms with van der Waals surface area (Å²) in [4.78, 5) is 6.65. The first kappa shape index (κ1) is 10.4. The van der Waals surface area contributed by atoms with E-state index in [9.17, 15) is 0 Å². The summed E-state index contributed by atoms with van der Waals surface area (Å²) in [6, 6.07) is 4.58. The van der Waals surface area contributed by atoms with Gasteiger partial charge in [0.15, 0.2) is 0 Å². The van der Waals surface area contributed by atoms with Gasteiger partial charge in [-0.05, 0) is 32.5 Å².